The summed E-state index contributed by atoms with van der Waals surface area (Å²) in [6, 6.07) is 5.57. The summed E-state index contributed by atoms with van der Waals surface area (Å²) in [7, 11) is 1.61. The molecule has 0 bridgehead atoms. The fourth-order valence-corrected chi connectivity index (χ4v) is 1.47. The molecular weight excluding hydrogens is 192 g/mol. The first kappa shape index (κ1) is 11.3. The predicted molar refractivity (Wildman–Crippen MR) is 59.0 cm³/mol. The number of rotatable bonds is 3. The molecule has 1 N–H and O–H groups in total. The third-order valence-corrected chi connectivity index (χ3v) is 2.20. The summed E-state index contributed by atoms with van der Waals surface area (Å²) < 4.78 is 5.08. The Morgan fingerprint density at radius 3 is 2.60 bits per heavy atom. The molecule has 1 rings (SSSR count). The maximum atomic E-state index is 10.5. The van der Waals surface area contributed by atoms with Crippen molar-refractivity contribution in [1.29, 1.82) is 0 Å². The van der Waals surface area contributed by atoms with Gasteiger partial charge in [-0.1, -0.05) is 6.07 Å². The van der Waals surface area contributed by atoms with Crippen molar-refractivity contribution < 1.29 is 14.6 Å². The van der Waals surface area contributed by atoms with Gasteiger partial charge in [-0.2, -0.15) is 0 Å². The number of methoxy groups -OCH3 is 1. The van der Waals surface area contributed by atoms with Gasteiger partial charge in [0.25, 0.3) is 0 Å². The fraction of sp³-hybridized carbons (Fsp3) is 0.250. The van der Waals surface area contributed by atoms with Crippen LogP contribution in [0.2, 0.25) is 0 Å². The molecule has 3 nitrogen and oxygen atoms in total. The van der Waals surface area contributed by atoms with E-state index in [0.29, 0.717) is 0 Å². The second-order valence-corrected chi connectivity index (χ2v) is 3.35. The minimum absolute atomic E-state index is 0.739. The van der Waals surface area contributed by atoms with Crippen molar-refractivity contribution in [3.05, 3.63) is 35.4 Å². The normalized spacial score (nSPS) is 11.3. The van der Waals surface area contributed by atoms with Crippen molar-refractivity contribution in [2.24, 2.45) is 0 Å². The van der Waals surface area contributed by atoms with Crippen LogP contribution in [0.25, 0.3) is 5.57 Å². The number of ether oxygens (including phenoxy) is 1. The van der Waals surface area contributed by atoms with E-state index >= 15 is 0 Å². The zero-order chi connectivity index (χ0) is 11.4. The molecule has 80 valence electrons. The van der Waals surface area contributed by atoms with Crippen molar-refractivity contribution in [2.45, 2.75) is 13.8 Å². The number of allylic oxidation sites excluding steroid dienone is 1. The van der Waals surface area contributed by atoms with Gasteiger partial charge in [0, 0.05) is 6.08 Å². The maximum absolute atomic E-state index is 10.5. The largest absolute Gasteiger partial charge is 0.497 e. The molecule has 1 aromatic carbocycles. The van der Waals surface area contributed by atoms with Crippen molar-refractivity contribution in [1.82, 2.24) is 0 Å². The zero-order valence-corrected chi connectivity index (χ0v) is 9.07. The van der Waals surface area contributed by atoms with Crippen molar-refractivity contribution in [2.75, 3.05) is 7.11 Å². The Morgan fingerprint density at radius 1 is 1.47 bits per heavy atom. The lowest BCUT2D eigenvalue weighted by Gasteiger charge is -2.07. The molecule has 0 amide bonds. The Hall–Kier alpha value is -1.77. The average molecular weight is 206 g/mol. The zero-order valence-electron chi connectivity index (χ0n) is 9.07. The van der Waals surface area contributed by atoms with E-state index in [1.54, 1.807) is 14.0 Å². The van der Waals surface area contributed by atoms with Gasteiger partial charge in [0.1, 0.15) is 5.75 Å². The van der Waals surface area contributed by atoms with Crippen LogP contribution in [0.15, 0.2) is 24.3 Å². The van der Waals surface area contributed by atoms with Crippen LogP contribution < -0.4 is 4.74 Å². The monoisotopic (exact) mass is 206 g/mol. The first-order valence-corrected chi connectivity index (χ1v) is 4.61. The number of carboxylic acids is 1. The number of benzene rings is 1. The minimum atomic E-state index is -0.928. The van der Waals surface area contributed by atoms with Gasteiger partial charge >= 0.3 is 5.97 Å². The summed E-state index contributed by atoms with van der Waals surface area (Å²) in [5, 5.41) is 8.64. The van der Waals surface area contributed by atoms with Gasteiger partial charge in [-0.15, -0.1) is 0 Å². The van der Waals surface area contributed by atoms with Crippen LogP contribution in [0.1, 0.15) is 18.1 Å². The summed E-state index contributed by atoms with van der Waals surface area (Å²) in [6.07, 6.45) is 1.20. The van der Waals surface area contributed by atoms with Gasteiger partial charge in [0.05, 0.1) is 7.11 Å². The summed E-state index contributed by atoms with van der Waals surface area (Å²) >= 11 is 0. The highest BCUT2D eigenvalue weighted by molar-refractivity contribution is 5.89. The van der Waals surface area contributed by atoms with Crippen LogP contribution in [0.5, 0.6) is 5.75 Å². The molecule has 0 aliphatic carbocycles. The highest BCUT2D eigenvalue weighted by Gasteiger charge is 2.03. The third kappa shape index (κ3) is 2.84. The van der Waals surface area contributed by atoms with Crippen LogP contribution >= 0.6 is 0 Å². The molecule has 3 heteroatoms. The van der Waals surface area contributed by atoms with Gasteiger partial charge in [-0.25, -0.2) is 4.79 Å². The molecule has 0 unspecified atom stereocenters. The SMILES string of the molecule is COc1ccc(/C(C)=C/C(=O)O)c(C)c1. The van der Waals surface area contributed by atoms with Crippen molar-refractivity contribution in [3.8, 4) is 5.75 Å². The Bertz CT molecular complexity index is 405. The van der Waals surface area contributed by atoms with Gasteiger partial charge in [0.2, 0.25) is 0 Å². The van der Waals surface area contributed by atoms with Crippen molar-refractivity contribution in [3.63, 3.8) is 0 Å². The lowest BCUT2D eigenvalue weighted by molar-refractivity contribution is -0.131. The number of carbonyl (C=O) groups is 1. The van der Waals surface area contributed by atoms with Gasteiger partial charge in [-0.05, 0) is 42.7 Å². The Balaban J connectivity index is 3.11. The van der Waals surface area contributed by atoms with E-state index in [2.05, 4.69) is 0 Å². The summed E-state index contributed by atoms with van der Waals surface area (Å²) in [5.74, 6) is -0.151. The minimum Gasteiger partial charge on any atom is -0.497 e. The van der Waals surface area contributed by atoms with E-state index in [1.807, 2.05) is 25.1 Å². The summed E-state index contributed by atoms with van der Waals surface area (Å²) in [4.78, 5) is 10.5. The summed E-state index contributed by atoms with van der Waals surface area (Å²) in [5.41, 5.74) is 2.67. The van der Waals surface area contributed by atoms with E-state index in [-0.39, 0.29) is 0 Å². The van der Waals surface area contributed by atoms with Crippen LogP contribution in [-0.2, 0) is 4.79 Å². The lowest BCUT2D eigenvalue weighted by Crippen LogP contribution is -1.93. The quantitative estimate of drug-likeness (QED) is 0.773. The van der Waals surface area contributed by atoms with Gasteiger partial charge in [0.15, 0.2) is 0 Å². The molecule has 0 aliphatic rings. The third-order valence-electron chi connectivity index (χ3n) is 2.20. The van der Waals surface area contributed by atoms with E-state index < -0.39 is 5.97 Å². The van der Waals surface area contributed by atoms with Gasteiger partial charge in [-0.3, -0.25) is 0 Å². The van der Waals surface area contributed by atoms with E-state index in [9.17, 15) is 4.79 Å². The molecule has 0 aromatic heterocycles. The van der Waals surface area contributed by atoms with E-state index in [1.165, 1.54) is 6.08 Å². The second-order valence-electron chi connectivity index (χ2n) is 3.35. The smallest absolute Gasteiger partial charge is 0.328 e. The molecule has 0 saturated carbocycles. The number of carboxylic acid groups (broad SMARTS) is 1. The molecule has 0 aliphatic heterocycles. The van der Waals surface area contributed by atoms with Crippen LogP contribution in [0.3, 0.4) is 0 Å². The first-order chi connectivity index (χ1) is 7.04. The molecular formula is C12H14O3. The number of aliphatic carboxylic acids is 1. The average Bonchev–Trinajstić information content (AvgIpc) is 2.16. The molecule has 0 spiro atoms. The number of hydrogen-bond donors (Lipinski definition) is 1. The van der Waals surface area contributed by atoms with E-state index in [4.69, 9.17) is 9.84 Å². The molecule has 0 heterocycles. The van der Waals surface area contributed by atoms with Crippen molar-refractivity contribution >= 4 is 11.5 Å². The molecule has 15 heavy (non-hydrogen) atoms. The second kappa shape index (κ2) is 4.64. The number of hydrogen-bond acceptors (Lipinski definition) is 2. The maximum Gasteiger partial charge on any atom is 0.328 e. The highest BCUT2D eigenvalue weighted by Crippen LogP contribution is 2.22. The fourth-order valence-electron chi connectivity index (χ4n) is 1.47. The lowest BCUT2D eigenvalue weighted by atomic mass is 10.0. The Labute approximate surface area is 89.0 Å². The Kier molecular flexibility index (Phi) is 3.50. The molecule has 0 atom stereocenters. The van der Waals surface area contributed by atoms with Crippen LogP contribution in [-0.4, -0.2) is 18.2 Å². The Morgan fingerprint density at radius 2 is 2.13 bits per heavy atom. The standard InChI is InChI=1S/C12H14O3/c1-8-6-10(15-3)4-5-11(8)9(2)7-12(13)14/h4-7H,1-3H3,(H,13,14)/b9-7+. The summed E-state index contributed by atoms with van der Waals surface area (Å²) in [6.45, 7) is 3.71. The molecule has 0 saturated heterocycles. The van der Waals surface area contributed by atoms with Crippen LogP contribution in [0, 0.1) is 6.92 Å². The highest BCUT2D eigenvalue weighted by atomic mass is 16.5. The molecule has 0 radical (unpaired) electrons. The predicted octanol–water partition coefficient (Wildman–Crippen LogP) is 2.49. The van der Waals surface area contributed by atoms with Gasteiger partial charge < -0.3 is 9.84 Å². The molecule has 1 aromatic rings. The van der Waals surface area contributed by atoms with Crippen LogP contribution in [0.4, 0.5) is 0 Å². The molecule has 0 fully saturated rings. The number of aryl methyl sites for hydroxylation is 1. The first-order valence-electron chi connectivity index (χ1n) is 4.61. The van der Waals surface area contributed by atoms with E-state index in [0.717, 1.165) is 22.4 Å². The topological polar surface area (TPSA) is 46.5 Å².